The summed E-state index contributed by atoms with van der Waals surface area (Å²) in [5, 5.41) is 21.0. The quantitative estimate of drug-likeness (QED) is 0.610. The van der Waals surface area contributed by atoms with Crippen molar-refractivity contribution in [1.82, 2.24) is 19.4 Å². The highest BCUT2D eigenvalue weighted by Gasteiger charge is 2.52. The number of carbonyl (C=O) groups excluding carboxylic acids is 1. The van der Waals surface area contributed by atoms with Crippen LogP contribution >= 0.6 is 0 Å². The van der Waals surface area contributed by atoms with Crippen LogP contribution in [0.3, 0.4) is 0 Å². The van der Waals surface area contributed by atoms with Gasteiger partial charge in [-0.15, -0.1) is 0 Å². The minimum atomic E-state index is -0.622. The van der Waals surface area contributed by atoms with Gasteiger partial charge in [0.2, 0.25) is 0 Å². The van der Waals surface area contributed by atoms with Gasteiger partial charge in [-0.25, -0.2) is 14.0 Å². The van der Waals surface area contributed by atoms with Crippen LogP contribution in [0.2, 0.25) is 0 Å². The third-order valence-corrected chi connectivity index (χ3v) is 5.73. The number of pyridine rings is 1. The van der Waals surface area contributed by atoms with Crippen molar-refractivity contribution in [2.75, 3.05) is 5.32 Å². The standard InChI is InChI=1S/C22H27BN6O4/c1-20(2,3)31-19(30)27-16-11-26-28(13-16)17-8-15(12-29-18(17)14(9-24)10-25-29)23-32-21(4,5)22(6,7)33-23/h8,10-13H,1-7H3,(H,27,30). The second-order valence-corrected chi connectivity index (χ2v) is 10.0. The summed E-state index contributed by atoms with van der Waals surface area (Å²) in [5.74, 6) is 0. The number of hydrogen-bond donors (Lipinski definition) is 1. The Balaban J connectivity index is 1.73. The number of anilines is 1. The fourth-order valence-electron chi connectivity index (χ4n) is 3.43. The molecule has 11 heteroatoms. The number of nitriles is 1. The summed E-state index contributed by atoms with van der Waals surface area (Å²) in [7, 11) is -0.622. The summed E-state index contributed by atoms with van der Waals surface area (Å²) in [4.78, 5) is 12.1. The van der Waals surface area contributed by atoms with Crippen LogP contribution in [-0.2, 0) is 14.0 Å². The van der Waals surface area contributed by atoms with Crippen molar-refractivity contribution in [3.8, 4) is 11.8 Å². The van der Waals surface area contributed by atoms with E-state index in [-0.39, 0.29) is 0 Å². The van der Waals surface area contributed by atoms with Gasteiger partial charge < -0.3 is 14.0 Å². The lowest BCUT2D eigenvalue weighted by atomic mass is 9.80. The van der Waals surface area contributed by atoms with E-state index < -0.39 is 30.0 Å². The zero-order valence-corrected chi connectivity index (χ0v) is 19.8. The van der Waals surface area contributed by atoms with Gasteiger partial charge in [0.25, 0.3) is 0 Å². The first kappa shape index (κ1) is 22.8. The Morgan fingerprint density at radius 1 is 1.15 bits per heavy atom. The lowest BCUT2D eigenvalue weighted by Crippen LogP contribution is -2.41. The molecule has 0 bridgehead atoms. The van der Waals surface area contributed by atoms with Gasteiger partial charge in [0, 0.05) is 11.7 Å². The molecule has 10 nitrogen and oxygen atoms in total. The molecule has 0 aliphatic carbocycles. The number of rotatable bonds is 3. The van der Waals surface area contributed by atoms with E-state index in [2.05, 4.69) is 21.6 Å². The van der Waals surface area contributed by atoms with E-state index in [1.165, 1.54) is 12.4 Å². The highest BCUT2D eigenvalue weighted by Crippen LogP contribution is 2.36. The predicted molar refractivity (Wildman–Crippen MR) is 123 cm³/mol. The van der Waals surface area contributed by atoms with Crippen LogP contribution in [0, 0.1) is 11.3 Å². The molecule has 0 aromatic carbocycles. The van der Waals surface area contributed by atoms with E-state index in [0.717, 1.165) is 5.46 Å². The molecule has 0 unspecified atom stereocenters. The predicted octanol–water partition coefficient (Wildman–Crippen LogP) is 3.04. The number of ether oxygens (including phenoxy) is 1. The molecule has 3 aromatic heterocycles. The number of aromatic nitrogens is 4. The normalized spacial score (nSPS) is 17.2. The first-order valence-electron chi connectivity index (χ1n) is 10.6. The molecule has 1 amide bonds. The molecule has 4 rings (SSSR count). The van der Waals surface area contributed by atoms with E-state index in [9.17, 15) is 10.1 Å². The molecule has 3 aromatic rings. The van der Waals surface area contributed by atoms with Crippen LogP contribution in [-0.4, -0.2) is 49.4 Å². The molecular formula is C22H27BN6O4. The molecule has 4 heterocycles. The minimum absolute atomic E-state index is 0.391. The minimum Gasteiger partial charge on any atom is -0.444 e. The van der Waals surface area contributed by atoms with E-state index in [1.54, 1.807) is 42.4 Å². The maximum absolute atomic E-state index is 12.1. The van der Waals surface area contributed by atoms with Gasteiger partial charge in [-0.05, 0) is 54.5 Å². The van der Waals surface area contributed by atoms with Gasteiger partial charge in [-0.1, -0.05) is 0 Å². The molecule has 0 spiro atoms. The smallest absolute Gasteiger partial charge is 0.444 e. The fraction of sp³-hybridized carbons (Fsp3) is 0.455. The number of carbonyl (C=O) groups is 1. The summed E-state index contributed by atoms with van der Waals surface area (Å²) in [6, 6.07) is 4.01. The topological polar surface area (TPSA) is 116 Å². The Morgan fingerprint density at radius 2 is 1.82 bits per heavy atom. The second kappa shape index (κ2) is 7.61. The van der Waals surface area contributed by atoms with E-state index in [1.807, 2.05) is 33.8 Å². The van der Waals surface area contributed by atoms with Gasteiger partial charge >= 0.3 is 13.2 Å². The first-order valence-corrected chi connectivity index (χ1v) is 10.6. The zero-order valence-electron chi connectivity index (χ0n) is 19.8. The summed E-state index contributed by atoms with van der Waals surface area (Å²) in [5.41, 5.74) is 1.08. The third kappa shape index (κ3) is 4.32. The Labute approximate surface area is 192 Å². The van der Waals surface area contributed by atoms with Crippen molar-refractivity contribution in [3.63, 3.8) is 0 Å². The van der Waals surface area contributed by atoms with Crippen LogP contribution in [0.5, 0.6) is 0 Å². The largest absolute Gasteiger partial charge is 0.496 e. The van der Waals surface area contributed by atoms with Crippen LogP contribution in [0.4, 0.5) is 10.5 Å². The molecule has 0 atom stereocenters. The zero-order chi connectivity index (χ0) is 24.2. The van der Waals surface area contributed by atoms with Crippen molar-refractivity contribution in [3.05, 3.63) is 36.4 Å². The van der Waals surface area contributed by atoms with E-state index in [4.69, 9.17) is 14.0 Å². The van der Waals surface area contributed by atoms with Gasteiger partial charge in [0.1, 0.15) is 17.2 Å². The molecule has 1 saturated heterocycles. The molecule has 1 N–H and O–H groups in total. The number of nitrogens with one attached hydrogen (secondary N) is 1. The van der Waals surface area contributed by atoms with Gasteiger partial charge in [0.15, 0.2) is 0 Å². The first-order chi connectivity index (χ1) is 15.3. The molecule has 0 saturated carbocycles. The summed E-state index contributed by atoms with van der Waals surface area (Å²) >= 11 is 0. The van der Waals surface area contributed by atoms with Crippen molar-refractivity contribution in [2.45, 2.75) is 65.3 Å². The highest BCUT2D eigenvalue weighted by molar-refractivity contribution is 6.62. The third-order valence-electron chi connectivity index (χ3n) is 5.73. The highest BCUT2D eigenvalue weighted by atomic mass is 16.7. The number of fused-ring (bicyclic) bond motifs is 1. The van der Waals surface area contributed by atoms with E-state index >= 15 is 0 Å². The van der Waals surface area contributed by atoms with Crippen molar-refractivity contribution in [2.24, 2.45) is 0 Å². The average Bonchev–Trinajstić information content (AvgIpc) is 3.35. The molecule has 1 aliphatic rings. The Hall–Kier alpha value is -3.36. The Morgan fingerprint density at radius 3 is 2.42 bits per heavy atom. The Kier molecular flexibility index (Phi) is 5.26. The number of nitrogens with zero attached hydrogens (tertiary/aromatic N) is 5. The lowest BCUT2D eigenvalue weighted by molar-refractivity contribution is 0.00578. The van der Waals surface area contributed by atoms with E-state index in [0.29, 0.717) is 22.5 Å². The van der Waals surface area contributed by atoms with Crippen LogP contribution < -0.4 is 10.8 Å². The number of hydrogen-bond acceptors (Lipinski definition) is 7. The SMILES string of the molecule is CC(C)(C)OC(=O)Nc1cnn(-c2cc(B3OC(C)(C)C(C)(C)O3)cn3ncc(C#N)c23)c1. The molecule has 1 fully saturated rings. The van der Waals surface area contributed by atoms with Crippen LogP contribution in [0.15, 0.2) is 30.9 Å². The van der Waals surface area contributed by atoms with Crippen LogP contribution in [0.25, 0.3) is 11.2 Å². The average molecular weight is 450 g/mol. The Bertz CT molecular complexity index is 1250. The molecular weight excluding hydrogens is 423 g/mol. The summed E-state index contributed by atoms with van der Waals surface area (Å²) in [6.07, 6.45) is 5.84. The number of amides is 1. The molecule has 172 valence electrons. The van der Waals surface area contributed by atoms with Gasteiger partial charge in [0.05, 0.1) is 46.7 Å². The summed E-state index contributed by atoms with van der Waals surface area (Å²) in [6.45, 7) is 13.3. The van der Waals surface area contributed by atoms with Crippen molar-refractivity contribution < 1.29 is 18.8 Å². The molecule has 0 radical (unpaired) electrons. The lowest BCUT2D eigenvalue weighted by Gasteiger charge is -2.32. The van der Waals surface area contributed by atoms with Crippen molar-refractivity contribution >= 4 is 29.9 Å². The van der Waals surface area contributed by atoms with Crippen molar-refractivity contribution in [1.29, 1.82) is 5.26 Å². The monoisotopic (exact) mass is 450 g/mol. The summed E-state index contributed by atoms with van der Waals surface area (Å²) < 4.78 is 20.9. The van der Waals surface area contributed by atoms with Crippen LogP contribution in [0.1, 0.15) is 54.0 Å². The maximum atomic E-state index is 12.1. The fourth-order valence-corrected chi connectivity index (χ4v) is 3.43. The second-order valence-electron chi connectivity index (χ2n) is 10.0. The maximum Gasteiger partial charge on any atom is 0.496 e. The van der Waals surface area contributed by atoms with Gasteiger partial charge in [-0.2, -0.15) is 15.5 Å². The molecule has 1 aliphatic heterocycles. The van der Waals surface area contributed by atoms with Gasteiger partial charge in [-0.3, -0.25) is 5.32 Å². The molecule has 33 heavy (non-hydrogen) atoms.